The van der Waals surface area contributed by atoms with E-state index in [1.807, 2.05) is 35.7 Å². The van der Waals surface area contributed by atoms with Gasteiger partial charge in [0.05, 0.1) is 6.21 Å². The highest BCUT2D eigenvalue weighted by Crippen LogP contribution is 2.04. The lowest BCUT2D eigenvalue weighted by Gasteiger charge is -2.06. The molecule has 1 aromatic heterocycles. The number of hydrazone groups is 1. The summed E-state index contributed by atoms with van der Waals surface area (Å²) in [6.07, 6.45) is 2.70. The molecule has 0 fully saturated rings. The monoisotopic (exact) mass is 289 g/mol. The highest BCUT2D eigenvalue weighted by atomic mass is 32.1. The normalized spacial score (nSPS) is 10.5. The summed E-state index contributed by atoms with van der Waals surface area (Å²) in [7, 11) is 0. The average molecular weight is 289 g/mol. The lowest BCUT2D eigenvalue weighted by Crippen LogP contribution is -2.33. The van der Waals surface area contributed by atoms with Crippen LogP contribution < -0.4 is 10.7 Å². The number of benzene rings is 1. The second-order valence-corrected chi connectivity index (χ2v) is 5.26. The van der Waals surface area contributed by atoms with Crippen LogP contribution in [-0.2, 0) is 6.42 Å². The topological polar surface area (TPSA) is 36.4 Å². The van der Waals surface area contributed by atoms with Crippen LogP contribution in [0.3, 0.4) is 0 Å². The number of thiophene rings is 1. The third-order valence-electron chi connectivity index (χ3n) is 2.44. The molecule has 0 unspecified atom stereocenters. The molecule has 1 heterocycles. The molecule has 0 spiro atoms. The molecule has 0 radical (unpaired) electrons. The van der Waals surface area contributed by atoms with E-state index in [4.69, 9.17) is 12.2 Å². The number of nitrogens with one attached hydrogen (secondary N) is 2. The third kappa shape index (κ3) is 5.19. The highest BCUT2D eigenvalue weighted by Gasteiger charge is 1.94. The Morgan fingerprint density at radius 3 is 2.79 bits per heavy atom. The Labute approximate surface area is 122 Å². The van der Waals surface area contributed by atoms with E-state index < -0.39 is 0 Å². The summed E-state index contributed by atoms with van der Waals surface area (Å²) in [6, 6.07) is 14.3. The van der Waals surface area contributed by atoms with E-state index >= 15 is 0 Å². The van der Waals surface area contributed by atoms with Crippen molar-refractivity contribution in [1.29, 1.82) is 0 Å². The van der Waals surface area contributed by atoms with Gasteiger partial charge in [-0.2, -0.15) is 5.10 Å². The first-order valence-corrected chi connectivity index (χ1v) is 7.28. The Morgan fingerprint density at radius 2 is 2.05 bits per heavy atom. The van der Waals surface area contributed by atoms with E-state index in [9.17, 15) is 0 Å². The molecule has 2 N–H and O–H groups in total. The fourth-order valence-corrected chi connectivity index (χ4v) is 2.26. The Kier molecular flexibility index (Phi) is 5.52. The van der Waals surface area contributed by atoms with Gasteiger partial charge in [-0.3, -0.25) is 5.43 Å². The second kappa shape index (κ2) is 7.66. The Bertz CT molecular complexity index is 521. The fourth-order valence-electron chi connectivity index (χ4n) is 1.52. The van der Waals surface area contributed by atoms with Crippen molar-refractivity contribution >= 4 is 34.9 Å². The van der Waals surface area contributed by atoms with Gasteiger partial charge in [-0.25, -0.2) is 0 Å². The van der Waals surface area contributed by atoms with Crippen LogP contribution in [0.15, 0.2) is 52.9 Å². The van der Waals surface area contributed by atoms with Gasteiger partial charge in [0.1, 0.15) is 0 Å². The molecule has 2 rings (SSSR count). The smallest absolute Gasteiger partial charge is 0.186 e. The predicted octanol–water partition coefficient (Wildman–Crippen LogP) is 2.79. The summed E-state index contributed by atoms with van der Waals surface area (Å²) in [5.74, 6) is 0. The van der Waals surface area contributed by atoms with Gasteiger partial charge >= 0.3 is 0 Å². The zero-order valence-corrected chi connectivity index (χ0v) is 12.0. The van der Waals surface area contributed by atoms with Gasteiger partial charge in [0, 0.05) is 11.4 Å². The van der Waals surface area contributed by atoms with E-state index in [0.29, 0.717) is 5.11 Å². The van der Waals surface area contributed by atoms with E-state index in [1.165, 1.54) is 5.56 Å². The van der Waals surface area contributed by atoms with E-state index in [-0.39, 0.29) is 0 Å². The van der Waals surface area contributed by atoms with Crippen LogP contribution in [0, 0.1) is 0 Å². The first-order chi connectivity index (χ1) is 9.34. The molecule has 0 saturated carbocycles. The molecule has 0 bridgehead atoms. The molecule has 0 aliphatic heterocycles. The van der Waals surface area contributed by atoms with Crippen LogP contribution >= 0.6 is 23.6 Å². The highest BCUT2D eigenvalue weighted by molar-refractivity contribution is 7.80. The summed E-state index contributed by atoms with van der Waals surface area (Å²) in [5, 5.41) is 9.75. The van der Waals surface area contributed by atoms with Crippen molar-refractivity contribution in [2.75, 3.05) is 6.54 Å². The number of nitrogens with zero attached hydrogens (tertiary/aromatic N) is 1. The lowest BCUT2D eigenvalue weighted by atomic mass is 10.1. The quantitative estimate of drug-likeness (QED) is 0.505. The van der Waals surface area contributed by atoms with Crippen molar-refractivity contribution in [2.24, 2.45) is 5.10 Å². The zero-order valence-electron chi connectivity index (χ0n) is 10.4. The predicted molar refractivity (Wildman–Crippen MR) is 85.8 cm³/mol. The standard InChI is InChI=1S/C14H15N3S2/c18-14(17-16-11-13-7-4-10-19-13)15-9-8-12-5-2-1-3-6-12/h1-7,10-11H,8-9H2,(H2,15,17,18). The summed E-state index contributed by atoms with van der Waals surface area (Å²) in [4.78, 5) is 1.10. The minimum Gasteiger partial charge on any atom is -0.361 e. The molecule has 0 aliphatic carbocycles. The van der Waals surface area contributed by atoms with Crippen LogP contribution in [0.4, 0.5) is 0 Å². The third-order valence-corrected chi connectivity index (χ3v) is 3.49. The summed E-state index contributed by atoms with van der Waals surface area (Å²) in [6.45, 7) is 0.796. The van der Waals surface area contributed by atoms with E-state index in [2.05, 4.69) is 28.0 Å². The van der Waals surface area contributed by atoms with Crippen LogP contribution in [-0.4, -0.2) is 17.9 Å². The van der Waals surface area contributed by atoms with Crippen LogP contribution in [0.5, 0.6) is 0 Å². The molecule has 0 amide bonds. The number of hydrogen-bond acceptors (Lipinski definition) is 3. The molecule has 2 aromatic rings. The van der Waals surface area contributed by atoms with Crippen molar-refractivity contribution in [2.45, 2.75) is 6.42 Å². The minimum atomic E-state index is 0.545. The van der Waals surface area contributed by atoms with Gasteiger partial charge in [-0.05, 0) is 35.6 Å². The summed E-state index contributed by atoms with van der Waals surface area (Å²) < 4.78 is 0. The zero-order chi connectivity index (χ0) is 13.3. The first kappa shape index (κ1) is 13.7. The maximum absolute atomic E-state index is 5.13. The number of hydrogen-bond donors (Lipinski definition) is 2. The van der Waals surface area contributed by atoms with Crippen molar-refractivity contribution in [3.63, 3.8) is 0 Å². The molecule has 1 aromatic carbocycles. The first-order valence-electron chi connectivity index (χ1n) is 5.99. The molecular formula is C14H15N3S2. The minimum absolute atomic E-state index is 0.545. The van der Waals surface area contributed by atoms with E-state index in [1.54, 1.807) is 17.6 Å². The molecule has 0 aliphatic rings. The maximum Gasteiger partial charge on any atom is 0.186 e. The second-order valence-electron chi connectivity index (χ2n) is 3.88. The number of thiocarbonyl (C=S) groups is 1. The van der Waals surface area contributed by atoms with Gasteiger partial charge < -0.3 is 5.32 Å². The summed E-state index contributed by atoms with van der Waals surface area (Å²) in [5.41, 5.74) is 4.10. The molecule has 0 saturated heterocycles. The average Bonchev–Trinajstić information content (AvgIpc) is 2.93. The SMILES string of the molecule is S=C(NCCc1ccccc1)NN=Cc1cccs1. The maximum atomic E-state index is 5.13. The molecule has 19 heavy (non-hydrogen) atoms. The van der Waals surface area contributed by atoms with Crippen LogP contribution in [0.2, 0.25) is 0 Å². The van der Waals surface area contributed by atoms with E-state index in [0.717, 1.165) is 17.8 Å². The Hall–Kier alpha value is -1.72. The molecular weight excluding hydrogens is 274 g/mol. The lowest BCUT2D eigenvalue weighted by molar-refractivity contribution is 0.838. The van der Waals surface area contributed by atoms with Gasteiger partial charge in [0.25, 0.3) is 0 Å². The van der Waals surface area contributed by atoms with Crippen LogP contribution in [0.25, 0.3) is 0 Å². The summed E-state index contributed by atoms with van der Waals surface area (Å²) >= 11 is 6.77. The van der Waals surface area contributed by atoms with Gasteiger partial charge in [0.2, 0.25) is 0 Å². The molecule has 5 heteroatoms. The van der Waals surface area contributed by atoms with Crippen molar-refractivity contribution in [3.8, 4) is 0 Å². The number of rotatable bonds is 5. The Morgan fingerprint density at radius 1 is 1.21 bits per heavy atom. The molecule has 3 nitrogen and oxygen atoms in total. The van der Waals surface area contributed by atoms with Crippen LogP contribution in [0.1, 0.15) is 10.4 Å². The fraction of sp³-hybridized carbons (Fsp3) is 0.143. The largest absolute Gasteiger partial charge is 0.361 e. The van der Waals surface area contributed by atoms with Gasteiger partial charge in [-0.15, -0.1) is 11.3 Å². The van der Waals surface area contributed by atoms with Crippen molar-refractivity contribution in [3.05, 3.63) is 58.3 Å². The Balaban J connectivity index is 1.65. The van der Waals surface area contributed by atoms with Crippen molar-refractivity contribution < 1.29 is 0 Å². The van der Waals surface area contributed by atoms with Crippen molar-refractivity contribution in [1.82, 2.24) is 10.7 Å². The molecule has 0 atom stereocenters. The van der Waals surface area contributed by atoms with Gasteiger partial charge in [0.15, 0.2) is 5.11 Å². The molecule has 98 valence electrons. The van der Waals surface area contributed by atoms with Gasteiger partial charge in [-0.1, -0.05) is 36.4 Å².